The number of aromatic nitrogens is 3. The smallest absolute Gasteiger partial charge is 0.213 e. The number of nitrogens with zero attached hydrogens (tertiary/aromatic N) is 2. The summed E-state index contributed by atoms with van der Waals surface area (Å²) in [6, 6.07) is 12.5. The van der Waals surface area contributed by atoms with E-state index < -0.39 is 5.97 Å². The molecule has 1 aromatic heterocycles. The summed E-state index contributed by atoms with van der Waals surface area (Å²) >= 11 is 6.79. The second-order valence-electron chi connectivity index (χ2n) is 5.93. The van der Waals surface area contributed by atoms with Gasteiger partial charge < -0.3 is 19.4 Å². The standard InChI is InChI=1S/C20H18ClN3O4S/c1-12-22-20(24-23-12)29-18(19(25)26)10-14-5-8-16(17(9-14)27-2)28-11-13-3-6-15(21)7-4-13/h3-10H,11H2,1-2H3,(H,25,26)(H,22,23,24)/p-1/b18-10-. The van der Waals surface area contributed by atoms with Crippen molar-refractivity contribution in [2.45, 2.75) is 18.7 Å². The van der Waals surface area contributed by atoms with Crippen molar-refractivity contribution in [3.05, 3.63) is 69.3 Å². The molecule has 0 saturated heterocycles. The molecule has 1 heterocycles. The Balaban J connectivity index is 1.77. The van der Waals surface area contributed by atoms with Crippen LogP contribution >= 0.6 is 23.4 Å². The highest BCUT2D eigenvalue weighted by atomic mass is 35.5. The lowest BCUT2D eigenvalue weighted by atomic mass is 10.2. The van der Waals surface area contributed by atoms with Crippen LogP contribution < -0.4 is 14.6 Å². The number of ether oxygens (including phenoxy) is 2. The monoisotopic (exact) mass is 430 g/mol. The second kappa shape index (κ2) is 9.49. The predicted molar refractivity (Wildman–Crippen MR) is 109 cm³/mol. The molecule has 0 aliphatic carbocycles. The van der Waals surface area contributed by atoms with Crippen LogP contribution in [0.1, 0.15) is 17.0 Å². The number of aliphatic carboxylic acids is 1. The van der Waals surface area contributed by atoms with Crippen LogP contribution in [0.4, 0.5) is 0 Å². The van der Waals surface area contributed by atoms with Gasteiger partial charge in [0, 0.05) is 9.93 Å². The molecule has 0 spiro atoms. The highest BCUT2D eigenvalue weighted by Gasteiger charge is 2.10. The average molecular weight is 431 g/mol. The minimum absolute atomic E-state index is 0.0270. The molecule has 0 bridgehead atoms. The Kier molecular flexibility index (Phi) is 6.79. The molecule has 7 nitrogen and oxygen atoms in total. The fraction of sp³-hybridized carbons (Fsp3) is 0.150. The molecule has 0 amide bonds. The largest absolute Gasteiger partial charge is 0.544 e. The van der Waals surface area contributed by atoms with Gasteiger partial charge in [0.05, 0.1) is 13.1 Å². The molecular weight excluding hydrogens is 414 g/mol. The maximum atomic E-state index is 11.5. The van der Waals surface area contributed by atoms with Crippen molar-refractivity contribution in [2.24, 2.45) is 0 Å². The van der Waals surface area contributed by atoms with Gasteiger partial charge in [-0.2, -0.15) is 0 Å². The molecule has 0 fully saturated rings. The molecular formula is C20H17ClN3O4S-. The van der Waals surface area contributed by atoms with Crippen molar-refractivity contribution < 1.29 is 19.4 Å². The third kappa shape index (κ3) is 5.75. The SMILES string of the molecule is COc1cc(/C=C(\Sc2n[nH]c(C)n2)C(=O)[O-])ccc1OCc1ccc(Cl)cc1. The van der Waals surface area contributed by atoms with E-state index in [1.807, 2.05) is 12.1 Å². The van der Waals surface area contributed by atoms with Crippen LogP contribution in [0.15, 0.2) is 52.5 Å². The number of thioether (sulfide) groups is 1. The van der Waals surface area contributed by atoms with E-state index in [1.165, 1.54) is 13.2 Å². The number of benzene rings is 2. The van der Waals surface area contributed by atoms with Gasteiger partial charge in [0.2, 0.25) is 5.16 Å². The van der Waals surface area contributed by atoms with Gasteiger partial charge in [-0.05, 0) is 60.2 Å². The zero-order chi connectivity index (χ0) is 20.8. The average Bonchev–Trinajstić information content (AvgIpc) is 3.12. The van der Waals surface area contributed by atoms with Gasteiger partial charge in [0.25, 0.3) is 0 Å². The highest BCUT2D eigenvalue weighted by Crippen LogP contribution is 2.31. The Morgan fingerprint density at radius 1 is 1.24 bits per heavy atom. The number of rotatable bonds is 8. The summed E-state index contributed by atoms with van der Waals surface area (Å²) in [5.41, 5.74) is 1.57. The molecule has 0 aliphatic rings. The Hall–Kier alpha value is -2.97. The summed E-state index contributed by atoms with van der Waals surface area (Å²) in [6.45, 7) is 2.07. The number of methoxy groups -OCH3 is 1. The fourth-order valence-electron chi connectivity index (χ4n) is 2.38. The third-order valence-corrected chi connectivity index (χ3v) is 4.89. The van der Waals surface area contributed by atoms with Crippen LogP contribution in [0.5, 0.6) is 11.5 Å². The molecule has 1 N–H and O–H groups in total. The van der Waals surface area contributed by atoms with Crippen LogP contribution in [-0.4, -0.2) is 28.3 Å². The van der Waals surface area contributed by atoms with E-state index in [1.54, 1.807) is 37.3 Å². The third-order valence-electron chi connectivity index (χ3n) is 3.77. The molecule has 9 heteroatoms. The number of carboxylic acid groups (broad SMARTS) is 1. The summed E-state index contributed by atoms with van der Waals surface area (Å²) < 4.78 is 11.2. The fourth-order valence-corrected chi connectivity index (χ4v) is 3.26. The number of aryl methyl sites for hydroxylation is 1. The van der Waals surface area contributed by atoms with Gasteiger partial charge in [0.15, 0.2) is 11.5 Å². The van der Waals surface area contributed by atoms with Gasteiger partial charge in [0.1, 0.15) is 12.4 Å². The summed E-state index contributed by atoms with van der Waals surface area (Å²) in [6.07, 6.45) is 1.47. The van der Waals surface area contributed by atoms with Gasteiger partial charge in [-0.25, -0.2) is 4.98 Å². The summed E-state index contributed by atoms with van der Waals surface area (Å²) in [4.78, 5) is 15.6. The maximum absolute atomic E-state index is 11.5. The number of carbonyl (C=O) groups is 1. The second-order valence-corrected chi connectivity index (χ2v) is 7.37. The topological polar surface area (TPSA) is 100 Å². The van der Waals surface area contributed by atoms with Crippen molar-refractivity contribution in [1.29, 1.82) is 0 Å². The molecule has 0 radical (unpaired) electrons. The van der Waals surface area contributed by atoms with Crippen LogP contribution in [-0.2, 0) is 11.4 Å². The Morgan fingerprint density at radius 3 is 2.62 bits per heavy atom. The minimum Gasteiger partial charge on any atom is -0.544 e. The van der Waals surface area contributed by atoms with Crippen LogP contribution in [0.3, 0.4) is 0 Å². The molecule has 3 aromatic rings. The molecule has 29 heavy (non-hydrogen) atoms. The van der Waals surface area contributed by atoms with Crippen LogP contribution in [0.25, 0.3) is 6.08 Å². The lowest BCUT2D eigenvalue weighted by Gasteiger charge is -2.12. The van der Waals surface area contributed by atoms with Crippen molar-refractivity contribution in [2.75, 3.05) is 7.11 Å². The number of carboxylic acids is 1. The molecule has 0 atom stereocenters. The molecule has 0 unspecified atom stereocenters. The van der Waals surface area contributed by atoms with E-state index in [4.69, 9.17) is 21.1 Å². The van der Waals surface area contributed by atoms with Crippen molar-refractivity contribution >= 4 is 35.4 Å². The number of H-pyrrole nitrogens is 1. The minimum atomic E-state index is -1.32. The van der Waals surface area contributed by atoms with Gasteiger partial charge in [-0.15, -0.1) is 5.10 Å². The molecule has 0 aliphatic heterocycles. The van der Waals surface area contributed by atoms with E-state index in [9.17, 15) is 9.90 Å². The first-order valence-corrected chi connectivity index (χ1v) is 9.69. The number of aromatic amines is 1. The maximum Gasteiger partial charge on any atom is 0.213 e. The zero-order valence-corrected chi connectivity index (χ0v) is 17.2. The van der Waals surface area contributed by atoms with Crippen molar-refractivity contribution in [3.63, 3.8) is 0 Å². The van der Waals surface area contributed by atoms with Gasteiger partial charge >= 0.3 is 0 Å². The van der Waals surface area contributed by atoms with E-state index in [0.717, 1.165) is 17.3 Å². The van der Waals surface area contributed by atoms with E-state index in [-0.39, 0.29) is 4.91 Å². The first kappa shape index (κ1) is 20.8. The predicted octanol–water partition coefficient (Wildman–Crippen LogP) is 3.24. The molecule has 150 valence electrons. The lowest BCUT2D eigenvalue weighted by Crippen LogP contribution is -2.23. The number of halogens is 1. The summed E-state index contributed by atoms with van der Waals surface area (Å²) in [7, 11) is 1.52. The Morgan fingerprint density at radius 2 is 2.00 bits per heavy atom. The Labute approximate surface area is 176 Å². The van der Waals surface area contributed by atoms with Gasteiger partial charge in [-0.1, -0.05) is 29.8 Å². The van der Waals surface area contributed by atoms with E-state index in [2.05, 4.69) is 15.2 Å². The first-order valence-electron chi connectivity index (χ1n) is 8.50. The number of hydrogen-bond acceptors (Lipinski definition) is 7. The van der Waals surface area contributed by atoms with Crippen LogP contribution in [0.2, 0.25) is 5.02 Å². The number of hydrogen-bond donors (Lipinski definition) is 1. The van der Waals surface area contributed by atoms with Crippen molar-refractivity contribution in [3.8, 4) is 11.5 Å². The normalized spacial score (nSPS) is 11.3. The van der Waals surface area contributed by atoms with E-state index >= 15 is 0 Å². The van der Waals surface area contributed by atoms with E-state index in [0.29, 0.717) is 39.7 Å². The number of carbonyl (C=O) groups excluding carboxylic acids is 1. The highest BCUT2D eigenvalue weighted by molar-refractivity contribution is 8.04. The summed E-state index contributed by atoms with van der Waals surface area (Å²) in [5, 5.41) is 19.0. The number of nitrogens with one attached hydrogen (secondary N) is 1. The molecule has 2 aromatic carbocycles. The van der Waals surface area contributed by atoms with Crippen LogP contribution in [0, 0.1) is 6.92 Å². The van der Waals surface area contributed by atoms with Crippen molar-refractivity contribution in [1.82, 2.24) is 15.2 Å². The zero-order valence-electron chi connectivity index (χ0n) is 15.6. The van der Waals surface area contributed by atoms with Gasteiger partial charge in [-0.3, -0.25) is 5.10 Å². The quantitative estimate of drug-likeness (QED) is 0.432. The molecule has 3 rings (SSSR count). The summed E-state index contributed by atoms with van der Waals surface area (Å²) in [5.74, 6) is 0.282. The first-order chi connectivity index (χ1) is 13.9. The molecule has 0 saturated carbocycles. The lowest BCUT2D eigenvalue weighted by molar-refractivity contribution is -0.297. The Bertz CT molecular complexity index is 1030.